The van der Waals surface area contributed by atoms with Crippen LogP contribution in [0, 0.1) is 3.57 Å². The van der Waals surface area contributed by atoms with Gasteiger partial charge in [-0.15, -0.1) is 0 Å². The molecular weight excluding hydrogens is 430 g/mol. The van der Waals surface area contributed by atoms with E-state index in [1.165, 1.54) is 6.07 Å². The number of halogens is 4. The molecule has 0 saturated heterocycles. The van der Waals surface area contributed by atoms with Crippen LogP contribution in [0.5, 0.6) is 0 Å². The van der Waals surface area contributed by atoms with Crippen LogP contribution in [-0.2, 0) is 6.18 Å². The van der Waals surface area contributed by atoms with Crippen LogP contribution in [-0.4, -0.2) is 9.97 Å². The van der Waals surface area contributed by atoms with Crippen LogP contribution in [0.25, 0.3) is 11.3 Å². The SMILES string of the molecule is CCCC/C(=C(/N)c1ncccn1)c1cc(C(F)(F)F)ccc1I. The fourth-order valence-electron chi connectivity index (χ4n) is 2.27. The maximum Gasteiger partial charge on any atom is 0.416 e. The van der Waals surface area contributed by atoms with Gasteiger partial charge in [0.1, 0.15) is 0 Å². The molecule has 2 rings (SSSR count). The Balaban J connectivity index is 2.61. The third-order valence-electron chi connectivity index (χ3n) is 3.53. The second-order valence-corrected chi connectivity index (χ2v) is 6.42. The summed E-state index contributed by atoms with van der Waals surface area (Å²) in [7, 11) is 0. The molecule has 0 atom stereocenters. The Kier molecular flexibility index (Phi) is 6.20. The molecule has 0 radical (unpaired) electrons. The lowest BCUT2D eigenvalue weighted by Crippen LogP contribution is -2.09. The van der Waals surface area contributed by atoms with Crippen molar-refractivity contribution in [2.45, 2.75) is 32.4 Å². The minimum absolute atomic E-state index is 0.321. The smallest absolute Gasteiger partial charge is 0.395 e. The zero-order valence-corrected chi connectivity index (χ0v) is 15.2. The summed E-state index contributed by atoms with van der Waals surface area (Å²) < 4.78 is 39.9. The molecule has 0 aliphatic rings. The fraction of sp³-hybridized carbons (Fsp3) is 0.294. The Morgan fingerprint density at radius 3 is 2.46 bits per heavy atom. The number of nitrogens with zero attached hydrogens (tertiary/aromatic N) is 2. The number of rotatable bonds is 5. The first-order valence-corrected chi connectivity index (χ1v) is 8.55. The third-order valence-corrected chi connectivity index (χ3v) is 4.47. The van der Waals surface area contributed by atoms with Gasteiger partial charge in [0, 0.05) is 16.0 Å². The molecule has 1 heterocycles. The Labute approximate surface area is 152 Å². The van der Waals surface area contributed by atoms with Crippen LogP contribution in [0.4, 0.5) is 13.2 Å². The van der Waals surface area contributed by atoms with Crippen molar-refractivity contribution in [3.8, 4) is 0 Å². The van der Waals surface area contributed by atoms with E-state index in [0.29, 0.717) is 32.6 Å². The molecule has 1 aromatic heterocycles. The van der Waals surface area contributed by atoms with Crippen LogP contribution in [0.15, 0.2) is 36.7 Å². The Morgan fingerprint density at radius 2 is 1.88 bits per heavy atom. The lowest BCUT2D eigenvalue weighted by Gasteiger charge is -2.16. The molecule has 0 bridgehead atoms. The average Bonchev–Trinajstić information content (AvgIpc) is 2.56. The normalized spacial score (nSPS) is 12.9. The summed E-state index contributed by atoms with van der Waals surface area (Å²) in [4.78, 5) is 8.23. The van der Waals surface area contributed by atoms with E-state index < -0.39 is 11.7 Å². The number of allylic oxidation sites excluding steroid dienone is 1. The number of benzene rings is 1. The molecular formula is C17H17F3IN3. The van der Waals surface area contributed by atoms with Crippen LogP contribution in [0.1, 0.15) is 43.1 Å². The molecule has 2 N–H and O–H groups in total. The van der Waals surface area contributed by atoms with Crippen molar-refractivity contribution in [2.24, 2.45) is 5.73 Å². The second-order valence-electron chi connectivity index (χ2n) is 5.26. The van der Waals surface area contributed by atoms with Gasteiger partial charge in [0.25, 0.3) is 0 Å². The molecule has 1 aromatic carbocycles. The number of nitrogens with two attached hydrogens (primary N) is 1. The van der Waals surface area contributed by atoms with Gasteiger partial charge in [-0.25, -0.2) is 9.97 Å². The summed E-state index contributed by atoms with van der Waals surface area (Å²) in [6.45, 7) is 2.02. The van der Waals surface area contributed by atoms with Gasteiger partial charge in [-0.2, -0.15) is 13.2 Å². The topological polar surface area (TPSA) is 51.8 Å². The molecule has 0 aliphatic carbocycles. The first-order valence-electron chi connectivity index (χ1n) is 7.47. The van der Waals surface area contributed by atoms with E-state index in [4.69, 9.17) is 5.73 Å². The third kappa shape index (κ3) is 4.46. The lowest BCUT2D eigenvalue weighted by atomic mass is 9.96. The molecule has 0 amide bonds. The zero-order valence-electron chi connectivity index (χ0n) is 13.1. The van der Waals surface area contributed by atoms with Gasteiger partial charge in [0.15, 0.2) is 5.82 Å². The minimum Gasteiger partial charge on any atom is -0.395 e. The van der Waals surface area contributed by atoms with Gasteiger partial charge in [0.2, 0.25) is 0 Å². The highest BCUT2D eigenvalue weighted by Gasteiger charge is 2.31. The van der Waals surface area contributed by atoms with Gasteiger partial charge in [-0.1, -0.05) is 13.3 Å². The number of hydrogen-bond donors (Lipinski definition) is 1. The summed E-state index contributed by atoms with van der Waals surface area (Å²) in [5.41, 5.74) is 6.99. The molecule has 2 aromatic rings. The zero-order chi connectivity index (χ0) is 17.7. The minimum atomic E-state index is -4.40. The molecule has 0 spiro atoms. The summed E-state index contributed by atoms with van der Waals surface area (Å²) in [6, 6.07) is 5.36. The Bertz CT molecular complexity index is 728. The lowest BCUT2D eigenvalue weighted by molar-refractivity contribution is -0.137. The van der Waals surface area contributed by atoms with Gasteiger partial charge >= 0.3 is 6.18 Å². The van der Waals surface area contributed by atoms with Crippen molar-refractivity contribution in [1.82, 2.24) is 9.97 Å². The van der Waals surface area contributed by atoms with Crippen molar-refractivity contribution in [3.05, 3.63) is 57.2 Å². The van der Waals surface area contributed by atoms with E-state index in [-0.39, 0.29) is 0 Å². The quantitative estimate of drug-likeness (QED) is 0.648. The van der Waals surface area contributed by atoms with Crippen LogP contribution in [0.2, 0.25) is 0 Å². The highest BCUT2D eigenvalue weighted by molar-refractivity contribution is 14.1. The molecule has 7 heteroatoms. The van der Waals surface area contributed by atoms with E-state index in [1.807, 2.05) is 29.5 Å². The summed E-state index contributed by atoms with van der Waals surface area (Å²) >= 11 is 2.03. The van der Waals surface area contributed by atoms with Gasteiger partial charge < -0.3 is 5.73 Å². The fourth-order valence-corrected chi connectivity index (χ4v) is 2.94. The first-order chi connectivity index (χ1) is 11.3. The van der Waals surface area contributed by atoms with E-state index in [0.717, 1.165) is 25.0 Å². The standard InChI is InChI=1S/C17H17F3IN3/c1-2-3-5-12(15(22)16-23-8-4-9-24-16)13-10-11(17(18,19)20)6-7-14(13)21/h4,6-10H,2-3,5,22H2,1H3/b15-12-. The van der Waals surface area contributed by atoms with Crippen molar-refractivity contribution in [2.75, 3.05) is 0 Å². The molecule has 0 unspecified atom stereocenters. The van der Waals surface area contributed by atoms with E-state index >= 15 is 0 Å². The van der Waals surface area contributed by atoms with Crippen molar-refractivity contribution >= 4 is 33.9 Å². The van der Waals surface area contributed by atoms with E-state index in [9.17, 15) is 13.2 Å². The molecule has 24 heavy (non-hydrogen) atoms. The van der Waals surface area contributed by atoms with Crippen molar-refractivity contribution < 1.29 is 13.2 Å². The molecule has 128 valence electrons. The van der Waals surface area contributed by atoms with Gasteiger partial charge in [-0.05, 0) is 70.8 Å². The molecule has 0 fully saturated rings. The van der Waals surface area contributed by atoms with Crippen molar-refractivity contribution in [1.29, 1.82) is 0 Å². The second kappa shape index (κ2) is 7.96. The Morgan fingerprint density at radius 1 is 1.21 bits per heavy atom. The first kappa shape index (κ1) is 18.7. The highest BCUT2D eigenvalue weighted by Crippen LogP contribution is 2.35. The predicted octanol–water partition coefficient (Wildman–Crippen LogP) is 5.12. The summed E-state index contributed by atoms with van der Waals surface area (Å²) in [5, 5.41) is 0. The average molecular weight is 447 g/mol. The Hall–Kier alpha value is -1.64. The maximum absolute atomic E-state index is 13.1. The van der Waals surface area contributed by atoms with Crippen LogP contribution >= 0.6 is 22.6 Å². The monoisotopic (exact) mass is 447 g/mol. The summed E-state index contributed by atoms with van der Waals surface area (Å²) in [5.74, 6) is 0.330. The largest absolute Gasteiger partial charge is 0.416 e. The molecule has 0 aliphatic heterocycles. The molecule has 0 saturated carbocycles. The van der Waals surface area contributed by atoms with Crippen LogP contribution in [0.3, 0.4) is 0 Å². The van der Waals surface area contributed by atoms with E-state index in [1.54, 1.807) is 18.5 Å². The number of alkyl halides is 3. The predicted molar refractivity (Wildman–Crippen MR) is 96.7 cm³/mol. The number of aromatic nitrogens is 2. The van der Waals surface area contributed by atoms with Crippen LogP contribution < -0.4 is 5.73 Å². The van der Waals surface area contributed by atoms with E-state index in [2.05, 4.69) is 9.97 Å². The highest BCUT2D eigenvalue weighted by atomic mass is 127. The summed E-state index contributed by atoms with van der Waals surface area (Å²) in [6.07, 6.45) is 1.01. The number of hydrogen-bond acceptors (Lipinski definition) is 3. The van der Waals surface area contributed by atoms with Crippen molar-refractivity contribution in [3.63, 3.8) is 0 Å². The number of unbranched alkanes of at least 4 members (excludes halogenated alkanes) is 1. The molecule has 3 nitrogen and oxygen atoms in total. The maximum atomic E-state index is 13.1. The van der Waals surface area contributed by atoms with Gasteiger partial charge in [-0.3, -0.25) is 0 Å². The van der Waals surface area contributed by atoms with Gasteiger partial charge in [0.05, 0.1) is 11.3 Å².